The first-order chi connectivity index (χ1) is 14.4. The van der Waals surface area contributed by atoms with Gasteiger partial charge in [-0.05, 0) is 36.8 Å². The Bertz CT molecular complexity index is 1040. The summed E-state index contributed by atoms with van der Waals surface area (Å²) >= 11 is 0. The normalized spacial score (nSPS) is 16.2. The number of allylic oxidation sites excluding steroid dienone is 1. The number of ether oxygens (including phenoxy) is 1. The van der Waals surface area contributed by atoms with Gasteiger partial charge in [-0.3, -0.25) is 9.69 Å². The molecule has 1 heterocycles. The Kier molecular flexibility index (Phi) is 6.15. The Labute approximate surface area is 172 Å². The van der Waals surface area contributed by atoms with Crippen molar-refractivity contribution in [3.63, 3.8) is 0 Å². The molecule has 0 saturated heterocycles. The van der Waals surface area contributed by atoms with Crippen LogP contribution in [0.4, 0.5) is 19.3 Å². The fraction of sp³-hybridized carbons (Fsp3) is 0.182. The van der Waals surface area contributed by atoms with Gasteiger partial charge in [0.2, 0.25) is 0 Å². The molecule has 0 unspecified atom stereocenters. The molecule has 1 atom stereocenters. The Hall–Kier alpha value is -3.68. The third kappa shape index (κ3) is 4.03. The summed E-state index contributed by atoms with van der Waals surface area (Å²) in [5.41, 5.74) is 1.24. The van der Waals surface area contributed by atoms with Gasteiger partial charge in [0.25, 0.3) is 5.91 Å². The summed E-state index contributed by atoms with van der Waals surface area (Å²) in [6, 6.07) is 8.66. The van der Waals surface area contributed by atoms with Gasteiger partial charge >= 0.3 is 6.03 Å². The first-order valence-electron chi connectivity index (χ1n) is 9.16. The molecule has 3 rings (SSSR count). The average molecular weight is 413 g/mol. The van der Waals surface area contributed by atoms with Crippen LogP contribution in [0.1, 0.15) is 18.5 Å². The minimum Gasteiger partial charge on any atom is -0.495 e. The number of carbonyl (C=O) groups is 2. The van der Waals surface area contributed by atoms with E-state index in [1.165, 1.54) is 24.2 Å². The number of methoxy groups -OCH3 is 1. The van der Waals surface area contributed by atoms with Crippen molar-refractivity contribution in [1.29, 1.82) is 0 Å². The Morgan fingerprint density at radius 2 is 2.00 bits per heavy atom. The van der Waals surface area contributed by atoms with Gasteiger partial charge in [0.1, 0.15) is 5.75 Å². The summed E-state index contributed by atoms with van der Waals surface area (Å²) in [7, 11) is 1.48. The Balaban J connectivity index is 2.07. The molecule has 2 aromatic carbocycles. The summed E-state index contributed by atoms with van der Waals surface area (Å²) in [6.07, 6.45) is 1.52. The summed E-state index contributed by atoms with van der Waals surface area (Å²) in [4.78, 5) is 27.2. The molecule has 0 fully saturated rings. The first kappa shape index (κ1) is 21.0. The van der Waals surface area contributed by atoms with Crippen LogP contribution in [0.5, 0.6) is 5.75 Å². The van der Waals surface area contributed by atoms with E-state index in [2.05, 4.69) is 17.2 Å². The number of anilines is 1. The molecule has 0 aliphatic carbocycles. The van der Waals surface area contributed by atoms with E-state index in [-0.39, 0.29) is 17.7 Å². The number of carbonyl (C=O) groups excluding carboxylic acids is 2. The van der Waals surface area contributed by atoms with Gasteiger partial charge in [-0.1, -0.05) is 24.3 Å². The standard InChI is InChI=1S/C22H21F2N3O3/c1-4-11-27-13(2)19(21(28)25-17-7-5-6-8-18(17)30-3)20(26-22(27)29)14-9-10-15(23)16(24)12-14/h4-10,12,20H,1,11H2,2-3H3,(H,25,28)(H,26,29)/t20-/m0/s1. The fourth-order valence-corrected chi connectivity index (χ4v) is 3.30. The second-order valence-corrected chi connectivity index (χ2v) is 6.61. The van der Waals surface area contributed by atoms with Crippen LogP contribution in [0.25, 0.3) is 0 Å². The molecular weight excluding hydrogens is 392 g/mol. The number of benzene rings is 2. The third-order valence-corrected chi connectivity index (χ3v) is 4.78. The third-order valence-electron chi connectivity index (χ3n) is 4.78. The average Bonchev–Trinajstić information content (AvgIpc) is 2.73. The molecule has 0 saturated carbocycles. The SMILES string of the molecule is C=CCN1C(=O)N[C@@H](c2ccc(F)c(F)c2)C(C(=O)Nc2ccccc2OC)=C1C. The smallest absolute Gasteiger partial charge is 0.322 e. The van der Waals surface area contributed by atoms with Crippen LogP contribution >= 0.6 is 0 Å². The fourth-order valence-electron chi connectivity index (χ4n) is 3.30. The molecule has 0 aromatic heterocycles. The molecule has 6 nitrogen and oxygen atoms in total. The topological polar surface area (TPSA) is 70.7 Å². The van der Waals surface area contributed by atoms with Crippen LogP contribution in [0.15, 0.2) is 66.4 Å². The predicted octanol–water partition coefficient (Wildman–Crippen LogP) is 4.14. The molecule has 2 N–H and O–H groups in total. The van der Waals surface area contributed by atoms with Crippen LogP contribution < -0.4 is 15.4 Å². The number of rotatable bonds is 6. The van der Waals surface area contributed by atoms with Crippen LogP contribution in [-0.2, 0) is 4.79 Å². The number of amides is 3. The van der Waals surface area contributed by atoms with Gasteiger partial charge in [0, 0.05) is 12.2 Å². The van der Waals surface area contributed by atoms with Crippen molar-refractivity contribution in [2.75, 3.05) is 19.0 Å². The molecule has 2 aromatic rings. The van der Waals surface area contributed by atoms with Crippen molar-refractivity contribution in [3.05, 3.63) is 83.6 Å². The highest BCUT2D eigenvalue weighted by molar-refractivity contribution is 6.07. The van der Waals surface area contributed by atoms with Gasteiger partial charge in [0.15, 0.2) is 11.6 Å². The zero-order valence-corrected chi connectivity index (χ0v) is 16.5. The number of nitrogens with one attached hydrogen (secondary N) is 2. The van der Waals surface area contributed by atoms with Crippen molar-refractivity contribution in [1.82, 2.24) is 10.2 Å². The molecule has 0 spiro atoms. The van der Waals surface area contributed by atoms with E-state index >= 15 is 0 Å². The van der Waals surface area contributed by atoms with E-state index in [1.807, 2.05) is 0 Å². The van der Waals surface area contributed by atoms with Crippen molar-refractivity contribution in [2.24, 2.45) is 0 Å². The van der Waals surface area contributed by atoms with Crippen molar-refractivity contribution >= 4 is 17.6 Å². The molecule has 0 radical (unpaired) electrons. The van der Waals surface area contributed by atoms with Crippen molar-refractivity contribution in [3.8, 4) is 5.75 Å². The maximum Gasteiger partial charge on any atom is 0.322 e. The molecular formula is C22H21F2N3O3. The second-order valence-electron chi connectivity index (χ2n) is 6.61. The van der Waals surface area contributed by atoms with Gasteiger partial charge < -0.3 is 15.4 Å². The predicted molar refractivity (Wildman–Crippen MR) is 109 cm³/mol. The summed E-state index contributed by atoms with van der Waals surface area (Å²) in [5, 5.41) is 5.46. The van der Waals surface area contributed by atoms with Gasteiger partial charge in [-0.2, -0.15) is 0 Å². The van der Waals surface area contributed by atoms with Gasteiger partial charge in [-0.15, -0.1) is 6.58 Å². The molecule has 156 valence electrons. The minimum absolute atomic E-state index is 0.174. The van der Waals surface area contributed by atoms with Gasteiger partial charge in [0.05, 0.1) is 24.4 Å². The molecule has 30 heavy (non-hydrogen) atoms. The summed E-state index contributed by atoms with van der Waals surface area (Å²) in [5.74, 6) is -2.15. The molecule has 3 amide bonds. The number of urea groups is 1. The van der Waals surface area contributed by atoms with E-state index in [4.69, 9.17) is 4.74 Å². The zero-order valence-electron chi connectivity index (χ0n) is 16.5. The first-order valence-corrected chi connectivity index (χ1v) is 9.16. The minimum atomic E-state index is -1.07. The van der Waals surface area contributed by atoms with Gasteiger partial charge in [-0.25, -0.2) is 13.6 Å². The summed E-state index contributed by atoms with van der Waals surface area (Å²) in [6.45, 7) is 5.42. The number of nitrogens with zero attached hydrogens (tertiary/aromatic N) is 1. The largest absolute Gasteiger partial charge is 0.495 e. The lowest BCUT2D eigenvalue weighted by Gasteiger charge is -2.35. The lowest BCUT2D eigenvalue weighted by Crippen LogP contribution is -2.48. The van der Waals surface area contributed by atoms with Crippen molar-refractivity contribution in [2.45, 2.75) is 13.0 Å². The van der Waals surface area contributed by atoms with Crippen LogP contribution in [-0.4, -0.2) is 30.5 Å². The lowest BCUT2D eigenvalue weighted by atomic mass is 9.94. The number of para-hydroxylation sites is 2. The quantitative estimate of drug-likeness (QED) is 0.700. The Morgan fingerprint density at radius 3 is 2.67 bits per heavy atom. The highest BCUT2D eigenvalue weighted by atomic mass is 19.2. The number of hydrogen-bond acceptors (Lipinski definition) is 3. The lowest BCUT2D eigenvalue weighted by molar-refractivity contribution is -0.113. The molecule has 1 aliphatic rings. The monoisotopic (exact) mass is 413 g/mol. The Morgan fingerprint density at radius 1 is 1.27 bits per heavy atom. The molecule has 8 heteroatoms. The highest BCUT2D eigenvalue weighted by Gasteiger charge is 2.35. The molecule has 1 aliphatic heterocycles. The van der Waals surface area contributed by atoms with Crippen LogP contribution in [0.3, 0.4) is 0 Å². The van der Waals surface area contributed by atoms with Crippen molar-refractivity contribution < 1.29 is 23.1 Å². The highest BCUT2D eigenvalue weighted by Crippen LogP contribution is 2.33. The van der Waals surface area contributed by atoms with E-state index in [0.717, 1.165) is 12.1 Å². The molecule has 0 bridgehead atoms. The second kappa shape index (κ2) is 8.77. The van der Waals surface area contributed by atoms with E-state index in [1.54, 1.807) is 31.2 Å². The van der Waals surface area contributed by atoms with Crippen LogP contribution in [0.2, 0.25) is 0 Å². The summed E-state index contributed by atoms with van der Waals surface area (Å²) < 4.78 is 32.5. The zero-order chi connectivity index (χ0) is 21.8. The maximum atomic E-state index is 13.9. The van der Waals surface area contributed by atoms with E-state index < -0.39 is 29.6 Å². The van der Waals surface area contributed by atoms with Crippen LogP contribution in [0, 0.1) is 11.6 Å². The van der Waals surface area contributed by atoms with E-state index in [0.29, 0.717) is 17.1 Å². The number of hydrogen-bond donors (Lipinski definition) is 2. The maximum absolute atomic E-state index is 13.9. The number of halogens is 2. The van der Waals surface area contributed by atoms with E-state index in [9.17, 15) is 18.4 Å².